The number of benzene rings is 8. The van der Waals surface area contributed by atoms with Crippen LogP contribution in [0.5, 0.6) is 0 Å². The molecule has 1 aliphatic carbocycles. The maximum atomic E-state index is 2.45. The molecule has 0 fully saturated rings. The molecule has 0 unspecified atom stereocenters. The lowest BCUT2D eigenvalue weighted by molar-refractivity contribution is 1.14. The number of para-hydroxylation sites is 1. The van der Waals surface area contributed by atoms with Crippen LogP contribution in [0.25, 0.3) is 43.8 Å². The van der Waals surface area contributed by atoms with Crippen LogP contribution in [0.1, 0.15) is 22.3 Å². The van der Waals surface area contributed by atoms with Crippen LogP contribution >= 0.6 is 0 Å². The highest BCUT2D eigenvalue weighted by atomic mass is 15.1. The van der Waals surface area contributed by atoms with Crippen molar-refractivity contribution in [3.05, 3.63) is 198 Å². The Labute approximate surface area is 276 Å². The summed E-state index contributed by atoms with van der Waals surface area (Å²) in [6.45, 7) is 0. The van der Waals surface area contributed by atoms with Crippen LogP contribution in [0, 0.1) is 0 Å². The molecule has 8 aromatic carbocycles. The summed E-state index contributed by atoms with van der Waals surface area (Å²) in [6.07, 6.45) is 1.73. The van der Waals surface area contributed by atoms with Gasteiger partial charge in [-0.25, -0.2) is 0 Å². The van der Waals surface area contributed by atoms with Gasteiger partial charge in [0.25, 0.3) is 0 Å². The molecular weight excluding hydrogens is 567 g/mol. The number of fused-ring (bicyclic) bond motifs is 9. The Morgan fingerprint density at radius 3 is 1.47 bits per heavy atom. The van der Waals surface area contributed by atoms with Gasteiger partial charge in [0.2, 0.25) is 0 Å². The van der Waals surface area contributed by atoms with Crippen molar-refractivity contribution in [3.8, 4) is 22.3 Å². The quantitative estimate of drug-likeness (QED) is 0.183. The Kier molecular flexibility index (Phi) is 6.68. The zero-order valence-corrected chi connectivity index (χ0v) is 26.1. The second-order valence-electron chi connectivity index (χ2n) is 12.5. The SMILES string of the molecule is c1ccc(N(c2ccc3c(c2)Cc2ccccc2-c2ccccc2Cc2ccccc2-3)c2cc3ccccc3c3ccccc23)cc1. The Balaban J connectivity index is 1.31. The van der Waals surface area contributed by atoms with Gasteiger partial charge in [-0.1, -0.05) is 146 Å². The van der Waals surface area contributed by atoms with E-state index in [9.17, 15) is 0 Å². The normalized spacial score (nSPS) is 12.1. The zero-order valence-electron chi connectivity index (χ0n) is 26.1. The molecule has 0 saturated heterocycles. The van der Waals surface area contributed by atoms with Gasteiger partial charge in [-0.3, -0.25) is 0 Å². The highest BCUT2D eigenvalue weighted by Gasteiger charge is 2.21. The third-order valence-corrected chi connectivity index (χ3v) is 9.74. The molecule has 8 aromatic rings. The summed E-state index contributed by atoms with van der Waals surface area (Å²) in [5.74, 6) is 0. The second kappa shape index (κ2) is 11.5. The summed E-state index contributed by atoms with van der Waals surface area (Å²) in [4.78, 5) is 2.45. The lowest BCUT2D eigenvalue weighted by Gasteiger charge is -2.29. The molecule has 222 valence electrons. The maximum Gasteiger partial charge on any atom is 0.0546 e. The summed E-state index contributed by atoms with van der Waals surface area (Å²) < 4.78 is 0. The average Bonchev–Trinajstić information content (AvgIpc) is 3.13. The molecule has 0 heterocycles. The van der Waals surface area contributed by atoms with Crippen molar-refractivity contribution in [1.29, 1.82) is 0 Å². The third-order valence-electron chi connectivity index (χ3n) is 9.74. The van der Waals surface area contributed by atoms with E-state index in [1.165, 1.54) is 71.7 Å². The summed E-state index contributed by atoms with van der Waals surface area (Å²) in [6, 6.07) is 64.7. The molecule has 0 saturated carbocycles. The highest BCUT2D eigenvalue weighted by molar-refractivity contribution is 6.14. The minimum atomic E-state index is 0.836. The van der Waals surface area contributed by atoms with Crippen molar-refractivity contribution in [3.63, 3.8) is 0 Å². The van der Waals surface area contributed by atoms with Gasteiger partial charge < -0.3 is 4.90 Å². The van der Waals surface area contributed by atoms with Gasteiger partial charge in [-0.15, -0.1) is 0 Å². The first kappa shape index (κ1) is 27.4. The summed E-state index contributed by atoms with van der Waals surface area (Å²) >= 11 is 0. The van der Waals surface area contributed by atoms with Gasteiger partial charge in [0.15, 0.2) is 0 Å². The van der Waals surface area contributed by atoms with Crippen LogP contribution < -0.4 is 4.90 Å². The fraction of sp³-hybridized carbons (Fsp3) is 0.0435. The third kappa shape index (κ3) is 4.80. The fourth-order valence-electron chi connectivity index (χ4n) is 7.57. The first-order valence-electron chi connectivity index (χ1n) is 16.4. The molecule has 9 rings (SSSR count). The van der Waals surface area contributed by atoms with Gasteiger partial charge in [-0.2, -0.15) is 0 Å². The summed E-state index contributed by atoms with van der Waals surface area (Å²) in [5.41, 5.74) is 14.1. The molecule has 0 N–H and O–H groups in total. The van der Waals surface area contributed by atoms with Gasteiger partial charge >= 0.3 is 0 Å². The molecule has 47 heavy (non-hydrogen) atoms. The van der Waals surface area contributed by atoms with Gasteiger partial charge in [0.1, 0.15) is 0 Å². The average molecular weight is 600 g/mol. The Hall–Kier alpha value is -5.92. The maximum absolute atomic E-state index is 2.45. The Morgan fingerprint density at radius 1 is 0.319 bits per heavy atom. The number of nitrogens with zero attached hydrogens (tertiary/aromatic N) is 1. The summed E-state index contributed by atoms with van der Waals surface area (Å²) in [7, 11) is 0. The number of hydrogen-bond donors (Lipinski definition) is 0. The Morgan fingerprint density at radius 2 is 0.809 bits per heavy atom. The van der Waals surface area contributed by atoms with Crippen molar-refractivity contribution in [2.45, 2.75) is 12.8 Å². The molecule has 1 aliphatic rings. The molecule has 0 aromatic heterocycles. The van der Waals surface area contributed by atoms with Crippen molar-refractivity contribution < 1.29 is 0 Å². The van der Waals surface area contributed by atoms with E-state index in [0.29, 0.717) is 0 Å². The smallest absolute Gasteiger partial charge is 0.0546 e. The van der Waals surface area contributed by atoms with Crippen molar-refractivity contribution in [2.75, 3.05) is 4.90 Å². The molecule has 0 atom stereocenters. The van der Waals surface area contributed by atoms with E-state index in [2.05, 4.69) is 181 Å². The van der Waals surface area contributed by atoms with Crippen LogP contribution in [-0.2, 0) is 12.8 Å². The van der Waals surface area contributed by atoms with Gasteiger partial charge in [0, 0.05) is 16.8 Å². The van der Waals surface area contributed by atoms with Crippen LogP contribution in [0.4, 0.5) is 17.1 Å². The van der Waals surface area contributed by atoms with E-state index in [-0.39, 0.29) is 0 Å². The lowest BCUT2D eigenvalue weighted by Crippen LogP contribution is -2.11. The first-order valence-corrected chi connectivity index (χ1v) is 16.4. The largest absolute Gasteiger partial charge is 0.310 e. The van der Waals surface area contributed by atoms with Crippen molar-refractivity contribution >= 4 is 38.6 Å². The highest BCUT2D eigenvalue weighted by Crippen LogP contribution is 2.44. The van der Waals surface area contributed by atoms with Crippen molar-refractivity contribution in [1.82, 2.24) is 0 Å². The number of rotatable bonds is 3. The molecule has 0 radical (unpaired) electrons. The van der Waals surface area contributed by atoms with Crippen LogP contribution in [0.3, 0.4) is 0 Å². The van der Waals surface area contributed by atoms with E-state index in [0.717, 1.165) is 24.2 Å². The number of hydrogen-bond acceptors (Lipinski definition) is 1. The molecule has 1 heteroatoms. The predicted octanol–water partition coefficient (Wildman–Crippen LogP) is 12.3. The van der Waals surface area contributed by atoms with Gasteiger partial charge in [-0.05, 0) is 104 Å². The second-order valence-corrected chi connectivity index (χ2v) is 12.5. The van der Waals surface area contributed by atoms with E-state index < -0.39 is 0 Å². The minimum Gasteiger partial charge on any atom is -0.310 e. The fourth-order valence-corrected chi connectivity index (χ4v) is 7.57. The number of anilines is 3. The molecular formula is C46H33N. The van der Waals surface area contributed by atoms with Crippen LogP contribution in [0.15, 0.2) is 176 Å². The lowest BCUT2D eigenvalue weighted by atomic mass is 9.84. The molecule has 0 bridgehead atoms. The van der Waals surface area contributed by atoms with Crippen LogP contribution in [0.2, 0.25) is 0 Å². The zero-order chi connectivity index (χ0) is 31.2. The molecule has 1 nitrogen and oxygen atoms in total. The predicted molar refractivity (Wildman–Crippen MR) is 199 cm³/mol. The molecule has 0 amide bonds. The monoisotopic (exact) mass is 599 g/mol. The Bertz CT molecular complexity index is 2420. The first-order chi connectivity index (χ1) is 23.3. The molecule has 0 spiro atoms. The van der Waals surface area contributed by atoms with E-state index in [4.69, 9.17) is 0 Å². The van der Waals surface area contributed by atoms with Crippen LogP contribution in [-0.4, -0.2) is 0 Å². The van der Waals surface area contributed by atoms with E-state index >= 15 is 0 Å². The van der Waals surface area contributed by atoms with Crippen molar-refractivity contribution in [2.24, 2.45) is 0 Å². The van der Waals surface area contributed by atoms with Gasteiger partial charge in [0.05, 0.1) is 5.69 Å². The minimum absolute atomic E-state index is 0.836. The standard InChI is InChI=1S/C46H33N/c1-2-18-37(19-3-1)47(46-31-35-17-7-11-23-42(35)44-24-12-13-25-45(44)46)38-26-27-43-36(30-38)29-34-16-6-9-21-40(34)39-20-8-4-14-32(39)28-33-15-5-10-22-41(33)43/h1-27,30-31H,28-29H2. The van der Waals surface area contributed by atoms with E-state index in [1.54, 1.807) is 0 Å². The molecule has 0 aliphatic heterocycles. The van der Waals surface area contributed by atoms with E-state index in [1.807, 2.05) is 0 Å². The topological polar surface area (TPSA) is 3.24 Å². The summed E-state index contributed by atoms with van der Waals surface area (Å²) in [5, 5.41) is 5.02.